The average molecular weight is 366 g/mol. The smallest absolute Gasteiger partial charge is 0.417 e. The van der Waals surface area contributed by atoms with Crippen LogP contribution in [0.4, 0.5) is 5.69 Å². The van der Waals surface area contributed by atoms with Crippen molar-refractivity contribution in [2.24, 2.45) is 5.92 Å². The molecule has 0 radical (unpaired) electrons. The summed E-state index contributed by atoms with van der Waals surface area (Å²) in [6.07, 6.45) is 4.43. The van der Waals surface area contributed by atoms with E-state index < -0.39 is 5.76 Å². The normalized spacial score (nSPS) is 15.7. The lowest BCUT2D eigenvalue weighted by Gasteiger charge is -2.23. The van der Waals surface area contributed by atoms with Gasteiger partial charge in [-0.2, -0.15) is 0 Å². The Morgan fingerprint density at radius 1 is 1.19 bits per heavy atom. The van der Waals surface area contributed by atoms with E-state index in [1.54, 1.807) is 25.3 Å². The Morgan fingerprint density at radius 2 is 1.93 bits per heavy atom. The Bertz CT molecular complexity index is 997. The molecule has 1 fully saturated rings. The molecule has 2 N–H and O–H groups in total. The first kappa shape index (κ1) is 17.4. The van der Waals surface area contributed by atoms with E-state index in [2.05, 4.69) is 10.3 Å². The van der Waals surface area contributed by atoms with Gasteiger partial charge in [0.2, 0.25) is 5.91 Å². The van der Waals surface area contributed by atoms with Crippen molar-refractivity contribution < 1.29 is 13.9 Å². The van der Waals surface area contributed by atoms with Crippen molar-refractivity contribution in [1.82, 2.24) is 4.98 Å². The second kappa shape index (κ2) is 7.31. The number of rotatable bonds is 5. The van der Waals surface area contributed by atoms with Crippen molar-refractivity contribution in [2.45, 2.75) is 31.6 Å². The maximum absolute atomic E-state index is 13.2. The molecular weight excluding hydrogens is 344 g/mol. The van der Waals surface area contributed by atoms with Crippen LogP contribution in [0.1, 0.15) is 37.2 Å². The summed E-state index contributed by atoms with van der Waals surface area (Å²) in [5.74, 6) is 0.361. The molecule has 1 aliphatic carbocycles. The number of methoxy groups -OCH3 is 1. The third kappa shape index (κ3) is 3.60. The Morgan fingerprint density at radius 3 is 2.63 bits per heavy atom. The number of amides is 1. The van der Waals surface area contributed by atoms with Gasteiger partial charge >= 0.3 is 5.76 Å². The summed E-state index contributed by atoms with van der Waals surface area (Å²) < 4.78 is 10.2. The highest BCUT2D eigenvalue weighted by atomic mass is 16.5. The lowest BCUT2D eigenvalue weighted by atomic mass is 9.84. The molecule has 1 aliphatic rings. The number of aromatic nitrogens is 1. The number of ether oxygens (including phenoxy) is 1. The molecular formula is C21H22N2O4. The monoisotopic (exact) mass is 366 g/mol. The fourth-order valence-electron chi connectivity index (χ4n) is 3.99. The highest BCUT2D eigenvalue weighted by molar-refractivity contribution is 5.97. The van der Waals surface area contributed by atoms with Crippen molar-refractivity contribution >= 4 is 22.7 Å². The van der Waals surface area contributed by atoms with Gasteiger partial charge in [0.15, 0.2) is 5.58 Å². The minimum absolute atomic E-state index is 0.0303. The lowest BCUT2D eigenvalue weighted by Crippen LogP contribution is -2.26. The number of hydrogen-bond acceptors (Lipinski definition) is 4. The van der Waals surface area contributed by atoms with E-state index >= 15 is 0 Å². The number of H-pyrrole nitrogens is 1. The first-order valence-corrected chi connectivity index (χ1v) is 9.22. The SMILES string of the molecule is COc1ccc(C(C(=O)Nc2ccc3oc(=O)[nH]c3c2)C2CCCC2)cc1. The Labute approximate surface area is 156 Å². The molecule has 6 nitrogen and oxygen atoms in total. The van der Waals surface area contributed by atoms with Crippen LogP contribution in [-0.4, -0.2) is 18.0 Å². The van der Waals surface area contributed by atoms with Crippen molar-refractivity contribution in [2.75, 3.05) is 12.4 Å². The van der Waals surface area contributed by atoms with Crippen LogP contribution in [0.15, 0.2) is 51.7 Å². The summed E-state index contributed by atoms with van der Waals surface area (Å²) in [5.41, 5.74) is 2.68. The van der Waals surface area contributed by atoms with E-state index in [9.17, 15) is 9.59 Å². The number of carbonyl (C=O) groups excluding carboxylic acids is 1. The zero-order valence-corrected chi connectivity index (χ0v) is 15.2. The minimum atomic E-state index is -0.504. The summed E-state index contributed by atoms with van der Waals surface area (Å²) in [7, 11) is 1.63. The molecule has 27 heavy (non-hydrogen) atoms. The second-order valence-electron chi connectivity index (χ2n) is 7.01. The van der Waals surface area contributed by atoms with Gasteiger partial charge in [-0.25, -0.2) is 4.79 Å². The van der Waals surface area contributed by atoms with E-state index in [1.807, 2.05) is 24.3 Å². The maximum atomic E-state index is 13.2. The zero-order chi connectivity index (χ0) is 18.8. The summed E-state index contributed by atoms with van der Waals surface area (Å²) in [4.78, 5) is 27.1. The van der Waals surface area contributed by atoms with Crippen LogP contribution in [-0.2, 0) is 4.79 Å². The molecule has 1 aromatic heterocycles. The third-order valence-corrected chi connectivity index (χ3v) is 5.32. The Hall–Kier alpha value is -3.02. The van der Waals surface area contributed by atoms with Crippen LogP contribution in [0, 0.1) is 5.92 Å². The van der Waals surface area contributed by atoms with Gasteiger partial charge in [-0.05, 0) is 54.7 Å². The van der Waals surface area contributed by atoms with Gasteiger partial charge in [0.25, 0.3) is 0 Å². The highest BCUT2D eigenvalue weighted by Crippen LogP contribution is 2.38. The fraction of sp³-hybridized carbons (Fsp3) is 0.333. The third-order valence-electron chi connectivity index (χ3n) is 5.32. The minimum Gasteiger partial charge on any atom is -0.497 e. The molecule has 1 saturated carbocycles. The van der Waals surface area contributed by atoms with Gasteiger partial charge in [0.1, 0.15) is 5.75 Å². The molecule has 1 amide bonds. The van der Waals surface area contributed by atoms with Crippen LogP contribution >= 0.6 is 0 Å². The van der Waals surface area contributed by atoms with E-state index in [4.69, 9.17) is 9.15 Å². The summed E-state index contributed by atoms with van der Waals surface area (Å²) in [5, 5.41) is 3.01. The number of fused-ring (bicyclic) bond motifs is 1. The van der Waals surface area contributed by atoms with Crippen molar-refractivity contribution in [3.63, 3.8) is 0 Å². The maximum Gasteiger partial charge on any atom is 0.417 e. The van der Waals surface area contributed by atoms with E-state index in [-0.39, 0.29) is 11.8 Å². The van der Waals surface area contributed by atoms with Crippen LogP contribution in [0.3, 0.4) is 0 Å². The molecule has 0 saturated heterocycles. The number of carbonyl (C=O) groups is 1. The quantitative estimate of drug-likeness (QED) is 0.714. The molecule has 0 spiro atoms. The summed E-state index contributed by atoms with van der Waals surface area (Å²) in [6, 6.07) is 12.9. The predicted molar refractivity (Wildman–Crippen MR) is 103 cm³/mol. The van der Waals surface area contributed by atoms with Gasteiger partial charge in [0.05, 0.1) is 18.5 Å². The molecule has 0 bridgehead atoms. The van der Waals surface area contributed by atoms with Crippen molar-refractivity contribution in [3.8, 4) is 5.75 Å². The van der Waals surface area contributed by atoms with Crippen LogP contribution in [0.5, 0.6) is 5.75 Å². The molecule has 1 atom stereocenters. The lowest BCUT2D eigenvalue weighted by molar-refractivity contribution is -0.118. The molecule has 6 heteroatoms. The average Bonchev–Trinajstić information content (AvgIpc) is 3.31. The number of aromatic amines is 1. The summed E-state index contributed by atoms with van der Waals surface area (Å²) >= 11 is 0. The van der Waals surface area contributed by atoms with Gasteiger partial charge in [0, 0.05) is 5.69 Å². The number of nitrogens with one attached hydrogen (secondary N) is 2. The topological polar surface area (TPSA) is 84.3 Å². The zero-order valence-electron chi connectivity index (χ0n) is 15.2. The number of oxazole rings is 1. The highest BCUT2D eigenvalue weighted by Gasteiger charge is 2.32. The fourth-order valence-corrected chi connectivity index (χ4v) is 3.99. The Kier molecular flexibility index (Phi) is 4.71. The van der Waals surface area contributed by atoms with Crippen molar-refractivity contribution in [1.29, 1.82) is 0 Å². The number of benzene rings is 2. The Balaban J connectivity index is 1.61. The predicted octanol–water partition coefficient (Wildman–Crippen LogP) is 4.04. The van der Waals surface area contributed by atoms with Crippen LogP contribution < -0.4 is 15.8 Å². The summed E-state index contributed by atoms with van der Waals surface area (Å²) in [6.45, 7) is 0. The molecule has 1 unspecified atom stereocenters. The largest absolute Gasteiger partial charge is 0.497 e. The van der Waals surface area contributed by atoms with Gasteiger partial charge in [-0.1, -0.05) is 25.0 Å². The van der Waals surface area contributed by atoms with Gasteiger partial charge in [-0.15, -0.1) is 0 Å². The second-order valence-corrected chi connectivity index (χ2v) is 7.01. The van der Waals surface area contributed by atoms with Crippen LogP contribution in [0.2, 0.25) is 0 Å². The van der Waals surface area contributed by atoms with Crippen LogP contribution in [0.25, 0.3) is 11.1 Å². The van der Waals surface area contributed by atoms with E-state index in [1.165, 1.54) is 0 Å². The number of anilines is 1. The molecule has 2 aromatic carbocycles. The molecule has 1 heterocycles. The van der Waals surface area contributed by atoms with Crippen molar-refractivity contribution in [3.05, 3.63) is 58.6 Å². The first-order chi connectivity index (χ1) is 13.1. The molecule has 0 aliphatic heterocycles. The molecule has 140 valence electrons. The number of hydrogen-bond donors (Lipinski definition) is 2. The van der Waals surface area contributed by atoms with E-state index in [0.29, 0.717) is 22.7 Å². The van der Waals surface area contributed by atoms with E-state index in [0.717, 1.165) is 37.0 Å². The van der Waals surface area contributed by atoms with Gasteiger partial charge in [-0.3, -0.25) is 9.78 Å². The molecule has 3 aromatic rings. The van der Waals surface area contributed by atoms with Gasteiger partial charge < -0.3 is 14.5 Å². The molecule has 4 rings (SSSR count). The first-order valence-electron chi connectivity index (χ1n) is 9.22. The standard InChI is InChI=1S/C21H22N2O4/c1-26-16-9-6-14(7-10-16)19(13-4-2-3-5-13)20(24)22-15-8-11-18-17(12-15)23-21(25)27-18/h6-13,19H,2-5H2,1H3,(H,22,24)(H,23,25).